The van der Waals surface area contributed by atoms with Crippen molar-refractivity contribution in [2.75, 3.05) is 13.6 Å². The molecule has 0 heterocycles. The molecule has 0 saturated heterocycles. The first-order chi connectivity index (χ1) is 7.72. The molecule has 0 amide bonds. The van der Waals surface area contributed by atoms with Crippen molar-refractivity contribution in [3.63, 3.8) is 0 Å². The zero-order chi connectivity index (χ0) is 11.8. The maximum absolute atomic E-state index is 5.71. The van der Waals surface area contributed by atoms with Gasteiger partial charge in [0.05, 0.1) is 0 Å². The monoisotopic (exact) mass is 237 g/mol. The van der Waals surface area contributed by atoms with E-state index in [2.05, 4.69) is 34.3 Å². The summed E-state index contributed by atoms with van der Waals surface area (Å²) < 4.78 is 0. The number of hydrogen-bond donors (Lipinski definition) is 2. The Kier molecular flexibility index (Phi) is 5.61. The largest absolute Gasteiger partial charge is 0.334 e. The van der Waals surface area contributed by atoms with E-state index in [4.69, 9.17) is 11.6 Å². The second-order valence-electron chi connectivity index (χ2n) is 3.33. The minimum absolute atomic E-state index is 0.353. The van der Waals surface area contributed by atoms with Gasteiger partial charge >= 0.3 is 0 Å². The van der Waals surface area contributed by atoms with Crippen molar-refractivity contribution in [3.8, 4) is 0 Å². The molecule has 0 atom stereocenters. The van der Waals surface area contributed by atoms with Crippen LogP contribution in [0, 0.1) is 0 Å². The van der Waals surface area contributed by atoms with E-state index in [0.717, 1.165) is 12.2 Å². The highest BCUT2D eigenvalue weighted by atomic mass is 35.5. The molecule has 4 heteroatoms. The number of amidine groups is 1. The van der Waals surface area contributed by atoms with Gasteiger partial charge in [-0.25, -0.2) is 0 Å². The van der Waals surface area contributed by atoms with Gasteiger partial charge in [0.2, 0.25) is 0 Å². The Morgan fingerprint density at radius 3 is 2.69 bits per heavy atom. The summed E-state index contributed by atoms with van der Waals surface area (Å²) in [6, 6.07) is 10.2. The van der Waals surface area contributed by atoms with E-state index in [1.165, 1.54) is 5.56 Å². The quantitative estimate of drug-likeness (QED) is 0.468. The topological polar surface area (TPSA) is 36.4 Å². The molecule has 1 aromatic carbocycles. The van der Waals surface area contributed by atoms with Gasteiger partial charge in [-0.3, -0.25) is 4.99 Å². The summed E-state index contributed by atoms with van der Waals surface area (Å²) in [6.07, 6.45) is 0. The second kappa shape index (κ2) is 7.04. The Morgan fingerprint density at radius 1 is 1.38 bits per heavy atom. The first-order valence-electron chi connectivity index (χ1n) is 5.04. The third-order valence-corrected chi connectivity index (χ3v) is 2.25. The molecule has 1 rings (SSSR count). The van der Waals surface area contributed by atoms with E-state index in [-0.39, 0.29) is 0 Å². The van der Waals surface area contributed by atoms with E-state index < -0.39 is 0 Å². The number of hydrogen-bond acceptors (Lipinski definition) is 2. The van der Waals surface area contributed by atoms with Crippen LogP contribution in [0.5, 0.6) is 0 Å². The van der Waals surface area contributed by atoms with Crippen LogP contribution >= 0.6 is 11.6 Å². The number of rotatable bonds is 5. The minimum atomic E-state index is 0.353. The number of aliphatic imine (C=N–C) groups is 1. The van der Waals surface area contributed by atoms with Gasteiger partial charge in [0.15, 0.2) is 5.29 Å². The fourth-order valence-corrected chi connectivity index (χ4v) is 1.33. The van der Waals surface area contributed by atoms with Crippen LogP contribution in [0.1, 0.15) is 5.56 Å². The third kappa shape index (κ3) is 4.96. The number of halogens is 1. The van der Waals surface area contributed by atoms with Gasteiger partial charge in [0, 0.05) is 25.8 Å². The Hall–Kier alpha value is -1.32. The molecule has 0 saturated carbocycles. The highest BCUT2D eigenvalue weighted by Crippen LogP contribution is 1.97. The number of benzene rings is 1. The minimum Gasteiger partial charge on any atom is -0.334 e. The van der Waals surface area contributed by atoms with Crippen molar-refractivity contribution in [2.24, 2.45) is 4.99 Å². The van der Waals surface area contributed by atoms with Crippen LogP contribution in [0.3, 0.4) is 0 Å². The lowest BCUT2D eigenvalue weighted by atomic mass is 10.2. The van der Waals surface area contributed by atoms with Crippen molar-refractivity contribution in [3.05, 3.63) is 48.2 Å². The summed E-state index contributed by atoms with van der Waals surface area (Å²) in [4.78, 5) is 3.78. The summed E-state index contributed by atoms with van der Waals surface area (Å²) in [7, 11) is 1.63. The van der Waals surface area contributed by atoms with Crippen LogP contribution in [0.15, 0.2) is 47.6 Å². The van der Waals surface area contributed by atoms with Crippen LogP contribution < -0.4 is 10.6 Å². The molecule has 3 nitrogen and oxygen atoms in total. The third-order valence-electron chi connectivity index (χ3n) is 1.99. The van der Waals surface area contributed by atoms with Gasteiger partial charge in [-0.15, -0.1) is 0 Å². The first-order valence-corrected chi connectivity index (χ1v) is 5.42. The summed E-state index contributed by atoms with van der Waals surface area (Å²) in [5.74, 6) is 0. The molecule has 0 aliphatic carbocycles. The summed E-state index contributed by atoms with van der Waals surface area (Å²) in [5.41, 5.74) is 2.04. The van der Waals surface area contributed by atoms with Gasteiger partial charge in [-0.2, -0.15) is 0 Å². The van der Waals surface area contributed by atoms with E-state index in [0.29, 0.717) is 11.8 Å². The molecule has 0 fully saturated rings. The summed E-state index contributed by atoms with van der Waals surface area (Å²) in [6.45, 7) is 5.30. The fourth-order valence-electron chi connectivity index (χ4n) is 1.20. The van der Waals surface area contributed by atoms with Gasteiger partial charge in [0.1, 0.15) is 0 Å². The van der Waals surface area contributed by atoms with E-state index >= 15 is 0 Å². The Morgan fingerprint density at radius 2 is 2.06 bits per heavy atom. The molecule has 1 aromatic rings. The molecule has 86 valence electrons. The molecule has 0 aromatic heterocycles. The van der Waals surface area contributed by atoms with Crippen LogP contribution in [0.2, 0.25) is 0 Å². The molecule has 0 unspecified atom stereocenters. The van der Waals surface area contributed by atoms with Crippen molar-refractivity contribution in [2.45, 2.75) is 6.54 Å². The highest BCUT2D eigenvalue weighted by Gasteiger charge is 1.96. The molecule has 2 N–H and O–H groups in total. The van der Waals surface area contributed by atoms with E-state index in [1.807, 2.05) is 18.2 Å². The average Bonchev–Trinajstić information content (AvgIpc) is 2.30. The van der Waals surface area contributed by atoms with Gasteiger partial charge < -0.3 is 10.6 Å². The van der Waals surface area contributed by atoms with Crippen molar-refractivity contribution in [1.29, 1.82) is 0 Å². The van der Waals surface area contributed by atoms with Gasteiger partial charge in [-0.1, -0.05) is 36.9 Å². The Balaban J connectivity index is 2.23. The molecule has 0 bridgehead atoms. The SMILES string of the molecule is C=C(CNCc1ccccc1)NC(Cl)=NC. The molecular weight excluding hydrogens is 222 g/mol. The molecule has 0 aliphatic heterocycles. The van der Waals surface area contributed by atoms with Crippen molar-refractivity contribution in [1.82, 2.24) is 10.6 Å². The molecule has 16 heavy (non-hydrogen) atoms. The van der Waals surface area contributed by atoms with Crippen LogP contribution in [-0.2, 0) is 6.54 Å². The predicted octanol–water partition coefficient (Wildman–Crippen LogP) is 2.10. The Labute approximate surface area is 101 Å². The van der Waals surface area contributed by atoms with E-state index in [1.54, 1.807) is 7.05 Å². The van der Waals surface area contributed by atoms with Crippen LogP contribution in [0.4, 0.5) is 0 Å². The maximum Gasteiger partial charge on any atom is 0.195 e. The average molecular weight is 238 g/mol. The summed E-state index contributed by atoms with van der Waals surface area (Å²) >= 11 is 5.71. The Bertz CT molecular complexity index is 360. The molecular formula is C12H16ClN3. The zero-order valence-corrected chi connectivity index (χ0v) is 10.1. The normalized spacial score (nSPS) is 11.2. The maximum atomic E-state index is 5.71. The van der Waals surface area contributed by atoms with Crippen LogP contribution in [-0.4, -0.2) is 18.9 Å². The van der Waals surface area contributed by atoms with Crippen molar-refractivity contribution >= 4 is 16.9 Å². The molecule has 0 aliphatic rings. The smallest absolute Gasteiger partial charge is 0.195 e. The highest BCUT2D eigenvalue weighted by molar-refractivity contribution is 6.64. The van der Waals surface area contributed by atoms with Crippen molar-refractivity contribution < 1.29 is 0 Å². The molecule has 0 spiro atoms. The number of nitrogens with zero attached hydrogens (tertiary/aromatic N) is 1. The lowest BCUT2D eigenvalue weighted by Gasteiger charge is -2.08. The summed E-state index contributed by atoms with van der Waals surface area (Å²) in [5, 5.41) is 6.48. The fraction of sp³-hybridized carbons (Fsp3) is 0.250. The molecule has 0 radical (unpaired) electrons. The lowest BCUT2D eigenvalue weighted by molar-refractivity contribution is 0.726. The van der Waals surface area contributed by atoms with Gasteiger partial charge in [-0.05, 0) is 17.2 Å². The second-order valence-corrected chi connectivity index (χ2v) is 3.69. The zero-order valence-electron chi connectivity index (χ0n) is 9.33. The first kappa shape index (κ1) is 12.7. The number of nitrogens with one attached hydrogen (secondary N) is 2. The lowest BCUT2D eigenvalue weighted by Crippen LogP contribution is -2.26. The predicted molar refractivity (Wildman–Crippen MR) is 69.6 cm³/mol. The van der Waals surface area contributed by atoms with Crippen LogP contribution in [0.25, 0.3) is 0 Å². The standard InChI is InChI=1S/C12H16ClN3/c1-10(16-12(13)14-2)8-15-9-11-6-4-3-5-7-11/h3-7,15H,1,8-9H2,2H3,(H,14,16). The van der Waals surface area contributed by atoms with E-state index in [9.17, 15) is 0 Å². The van der Waals surface area contributed by atoms with Gasteiger partial charge in [0.25, 0.3) is 0 Å².